The number of nitrogens with zero attached hydrogens (tertiary/aromatic N) is 1. The van der Waals surface area contributed by atoms with Gasteiger partial charge >= 0.3 is 0 Å². The Morgan fingerprint density at radius 3 is 2.81 bits per heavy atom. The largest absolute Gasteiger partial charge is 0.295 e. The van der Waals surface area contributed by atoms with Crippen molar-refractivity contribution < 1.29 is 8.78 Å². The van der Waals surface area contributed by atoms with Crippen molar-refractivity contribution >= 4 is 11.6 Å². The number of hydrogen-bond acceptors (Lipinski definition) is 1. The van der Waals surface area contributed by atoms with Gasteiger partial charge in [-0.05, 0) is 37.1 Å². The molecule has 1 aliphatic rings. The van der Waals surface area contributed by atoms with Crippen molar-refractivity contribution in [1.82, 2.24) is 4.90 Å². The van der Waals surface area contributed by atoms with Crippen molar-refractivity contribution in [3.05, 3.63) is 35.4 Å². The molecule has 1 nitrogen and oxygen atoms in total. The highest BCUT2D eigenvalue weighted by Gasteiger charge is 2.23. The van der Waals surface area contributed by atoms with E-state index in [1.807, 2.05) is 0 Å². The molecule has 1 unspecified atom stereocenters. The van der Waals surface area contributed by atoms with Crippen LogP contribution < -0.4 is 0 Å². The van der Waals surface area contributed by atoms with Gasteiger partial charge in [0.25, 0.3) is 0 Å². The van der Waals surface area contributed by atoms with Crippen LogP contribution in [0, 0.1) is 11.6 Å². The summed E-state index contributed by atoms with van der Waals surface area (Å²) >= 11 is 5.85. The first-order valence-electron chi connectivity index (χ1n) is 5.44. The van der Waals surface area contributed by atoms with Crippen molar-refractivity contribution in [3.63, 3.8) is 0 Å². The zero-order valence-electron chi connectivity index (χ0n) is 8.93. The second-order valence-electron chi connectivity index (χ2n) is 4.17. The van der Waals surface area contributed by atoms with Gasteiger partial charge < -0.3 is 0 Å². The molecule has 1 fully saturated rings. The average molecular weight is 246 g/mol. The zero-order valence-corrected chi connectivity index (χ0v) is 9.68. The number of alkyl halides is 1. The summed E-state index contributed by atoms with van der Waals surface area (Å²) in [6.45, 7) is 1.63. The van der Waals surface area contributed by atoms with E-state index in [2.05, 4.69) is 4.90 Å². The van der Waals surface area contributed by atoms with Crippen LogP contribution >= 0.6 is 11.6 Å². The van der Waals surface area contributed by atoms with Crippen LogP contribution in [0.3, 0.4) is 0 Å². The van der Waals surface area contributed by atoms with E-state index in [9.17, 15) is 8.78 Å². The Balaban J connectivity index is 2.05. The maximum Gasteiger partial charge on any atom is 0.159 e. The maximum atomic E-state index is 13.0. The van der Waals surface area contributed by atoms with E-state index < -0.39 is 11.6 Å². The van der Waals surface area contributed by atoms with E-state index in [0.29, 0.717) is 18.5 Å². The van der Waals surface area contributed by atoms with Gasteiger partial charge in [0.05, 0.1) is 0 Å². The molecule has 0 spiro atoms. The van der Waals surface area contributed by atoms with Crippen molar-refractivity contribution in [2.45, 2.75) is 25.4 Å². The second kappa shape index (κ2) is 5.11. The molecule has 1 saturated heterocycles. The molecule has 88 valence electrons. The van der Waals surface area contributed by atoms with Crippen LogP contribution in [0.5, 0.6) is 0 Å². The molecule has 0 amide bonds. The van der Waals surface area contributed by atoms with Crippen LogP contribution in [-0.2, 0) is 6.54 Å². The molecule has 16 heavy (non-hydrogen) atoms. The van der Waals surface area contributed by atoms with E-state index >= 15 is 0 Å². The van der Waals surface area contributed by atoms with Gasteiger partial charge in [-0.3, -0.25) is 4.90 Å². The molecule has 1 aromatic carbocycles. The Kier molecular flexibility index (Phi) is 3.77. The predicted molar refractivity (Wildman–Crippen MR) is 60.5 cm³/mol. The van der Waals surface area contributed by atoms with Crippen molar-refractivity contribution in [2.24, 2.45) is 0 Å². The Labute approximate surface area is 99.0 Å². The summed E-state index contributed by atoms with van der Waals surface area (Å²) in [4.78, 5) is 2.22. The fourth-order valence-electron chi connectivity index (χ4n) is 2.15. The second-order valence-corrected chi connectivity index (χ2v) is 4.48. The summed E-state index contributed by atoms with van der Waals surface area (Å²) in [6, 6.07) is 4.44. The summed E-state index contributed by atoms with van der Waals surface area (Å²) < 4.78 is 25.8. The first kappa shape index (κ1) is 11.8. The third kappa shape index (κ3) is 2.53. The summed E-state index contributed by atoms with van der Waals surface area (Å²) in [6.07, 6.45) is 2.22. The first-order valence-corrected chi connectivity index (χ1v) is 5.98. The average Bonchev–Trinajstić information content (AvgIpc) is 2.71. The lowest BCUT2D eigenvalue weighted by Gasteiger charge is -2.22. The number of benzene rings is 1. The van der Waals surface area contributed by atoms with Crippen LogP contribution in [0.15, 0.2) is 18.2 Å². The van der Waals surface area contributed by atoms with E-state index in [0.717, 1.165) is 24.9 Å². The molecule has 1 aliphatic heterocycles. The lowest BCUT2D eigenvalue weighted by molar-refractivity contribution is 0.262. The van der Waals surface area contributed by atoms with Crippen LogP contribution in [0.2, 0.25) is 0 Å². The highest BCUT2D eigenvalue weighted by molar-refractivity contribution is 6.18. The minimum Gasteiger partial charge on any atom is -0.295 e. The smallest absolute Gasteiger partial charge is 0.159 e. The molecule has 2 rings (SSSR count). The Hall–Kier alpha value is -0.670. The highest BCUT2D eigenvalue weighted by atomic mass is 35.5. The van der Waals surface area contributed by atoms with Gasteiger partial charge in [0, 0.05) is 18.5 Å². The molecule has 1 heterocycles. The van der Waals surface area contributed by atoms with E-state index in [1.165, 1.54) is 12.1 Å². The molecule has 0 bridgehead atoms. The summed E-state index contributed by atoms with van der Waals surface area (Å²) in [5.74, 6) is -0.970. The lowest BCUT2D eigenvalue weighted by Crippen LogP contribution is -2.30. The fraction of sp³-hybridized carbons (Fsp3) is 0.500. The van der Waals surface area contributed by atoms with E-state index in [1.54, 1.807) is 6.07 Å². The van der Waals surface area contributed by atoms with Crippen molar-refractivity contribution in [1.29, 1.82) is 0 Å². The molecular weight excluding hydrogens is 232 g/mol. The Bertz CT molecular complexity index is 370. The van der Waals surface area contributed by atoms with E-state index in [-0.39, 0.29) is 0 Å². The fourth-order valence-corrected chi connectivity index (χ4v) is 2.50. The predicted octanol–water partition coefficient (Wildman–Crippen LogP) is 3.17. The quantitative estimate of drug-likeness (QED) is 0.740. The third-order valence-electron chi connectivity index (χ3n) is 3.05. The zero-order chi connectivity index (χ0) is 11.5. The molecule has 0 radical (unpaired) electrons. The molecule has 0 aliphatic carbocycles. The van der Waals surface area contributed by atoms with Crippen LogP contribution in [0.1, 0.15) is 18.4 Å². The van der Waals surface area contributed by atoms with E-state index in [4.69, 9.17) is 11.6 Å². The van der Waals surface area contributed by atoms with Gasteiger partial charge in [-0.15, -0.1) is 11.6 Å². The number of halogens is 3. The molecule has 0 saturated carbocycles. The number of likely N-dealkylation sites (tertiary alicyclic amines) is 1. The topological polar surface area (TPSA) is 3.24 Å². The number of rotatable bonds is 3. The minimum atomic E-state index is -0.793. The monoisotopic (exact) mass is 245 g/mol. The normalized spacial score (nSPS) is 21.6. The summed E-state index contributed by atoms with van der Waals surface area (Å²) in [5, 5.41) is 0. The number of hydrogen-bond donors (Lipinski definition) is 0. The minimum absolute atomic E-state index is 0.370. The van der Waals surface area contributed by atoms with Crippen molar-refractivity contribution in [3.8, 4) is 0 Å². The first-order chi connectivity index (χ1) is 7.70. The van der Waals surface area contributed by atoms with Crippen molar-refractivity contribution in [2.75, 3.05) is 12.4 Å². The van der Waals surface area contributed by atoms with Crippen LogP contribution in [0.4, 0.5) is 8.78 Å². The van der Waals surface area contributed by atoms with Gasteiger partial charge in [-0.25, -0.2) is 8.78 Å². The van der Waals surface area contributed by atoms with Crippen LogP contribution in [-0.4, -0.2) is 23.4 Å². The SMILES string of the molecule is Fc1ccc(CN2CCCC2CCl)cc1F. The molecular formula is C12H14ClF2N. The maximum absolute atomic E-state index is 13.0. The Morgan fingerprint density at radius 1 is 1.31 bits per heavy atom. The molecule has 4 heteroatoms. The Morgan fingerprint density at radius 2 is 2.12 bits per heavy atom. The van der Waals surface area contributed by atoms with Gasteiger partial charge in [0.2, 0.25) is 0 Å². The summed E-state index contributed by atoms with van der Waals surface area (Å²) in [5.41, 5.74) is 0.802. The standard InChI is InChI=1S/C12H14ClF2N/c13-7-10-2-1-5-16(10)8-9-3-4-11(14)12(15)6-9/h3-4,6,10H,1-2,5,7-8H2. The highest BCUT2D eigenvalue weighted by Crippen LogP contribution is 2.21. The molecule has 0 N–H and O–H groups in total. The molecule has 1 aromatic rings. The van der Waals surface area contributed by atoms with Gasteiger partial charge in [-0.1, -0.05) is 6.07 Å². The summed E-state index contributed by atoms with van der Waals surface area (Å²) in [7, 11) is 0. The lowest BCUT2D eigenvalue weighted by atomic mass is 10.2. The van der Waals surface area contributed by atoms with Gasteiger partial charge in [0.1, 0.15) is 0 Å². The third-order valence-corrected chi connectivity index (χ3v) is 3.40. The van der Waals surface area contributed by atoms with Crippen LogP contribution in [0.25, 0.3) is 0 Å². The van der Waals surface area contributed by atoms with Gasteiger partial charge in [0.15, 0.2) is 11.6 Å². The van der Waals surface area contributed by atoms with Gasteiger partial charge in [-0.2, -0.15) is 0 Å². The molecule has 0 aromatic heterocycles. The molecule has 1 atom stereocenters.